The first-order valence-electron chi connectivity index (χ1n) is 3.65. The Bertz CT molecular complexity index is 186. The summed E-state index contributed by atoms with van der Waals surface area (Å²) in [6.07, 6.45) is -5.90. The number of hydrogen-bond donors (Lipinski definition) is 1. The maximum atomic E-state index is 12.0. The van der Waals surface area contributed by atoms with Crippen molar-refractivity contribution in [3.05, 3.63) is 0 Å². The molecule has 0 saturated carbocycles. The summed E-state index contributed by atoms with van der Waals surface area (Å²) in [5.41, 5.74) is -3.01. The Morgan fingerprint density at radius 2 is 1.92 bits per heavy atom. The quantitative estimate of drug-likeness (QED) is 0.697. The van der Waals surface area contributed by atoms with Crippen LogP contribution in [0.3, 0.4) is 0 Å². The number of rotatable bonds is 3. The maximum absolute atomic E-state index is 12.0. The van der Waals surface area contributed by atoms with Crippen LogP contribution >= 0.6 is 0 Å². The number of ether oxygens (including phenoxy) is 1. The number of carbonyl (C=O) groups excluding carboxylic acids is 1. The van der Waals surface area contributed by atoms with Gasteiger partial charge in [0.1, 0.15) is 0 Å². The van der Waals surface area contributed by atoms with Crippen LogP contribution in [0.25, 0.3) is 0 Å². The molecule has 78 valence electrons. The Balaban J connectivity index is 4.26. The van der Waals surface area contributed by atoms with Gasteiger partial charge in [0.15, 0.2) is 5.60 Å². The van der Waals surface area contributed by atoms with Crippen molar-refractivity contribution in [1.29, 1.82) is 0 Å². The molecule has 0 aliphatic rings. The van der Waals surface area contributed by atoms with Gasteiger partial charge in [-0.1, -0.05) is 0 Å². The van der Waals surface area contributed by atoms with Gasteiger partial charge in [-0.15, -0.1) is 0 Å². The second-order valence-electron chi connectivity index (χ2n) is 2.75. The third-order valence-electron chi connectivity index (χ3n) is 1.40. The number of alkyl halides is 3. The van der Waals surface area contributed by atoms with Crippen molar-refractivity contribution in [3.8, 4) is 0 Å². The van der Waals surface area contributed by atoms with E-state index in [2.05, 4.69) is 4.74 Å². The summed E-state index contributed by atoms with van der Waals surface area (Å²) in [6.45, 7) is 2.00. The van der Waals surface area contributed by atoms with Crippen LogP contribution in [0, 0.1) is 0 Å². The third kappa shape index (κ3) is 3.63. The van der Waals surface area contributed by atoms with E-state index >= 15 is 0 Å². The van der Waals surface area contributed by atoms with Gasteiger partial charge in [0.25, 0.3) is 0 Å². The van der Waals surface area contributed by atoms with Crippen molar-refractivity contribution in [2.24, 2.45) is 0 Å². The Labute approximate surface area is 73.5 Å². The minimum absolute atomic E-state index is 0.00717. The molecule has 0 aliphatic heterocycles. The number of hydrogen-bond acceptors (Lipinski definition) is 3. The van der Waals surface area contributed by atoms with Gasteiger partial charge in [-0.25, -0.2) is 0 Å². The average Bonchev–Trinajstić information content (AvgIpc) is 1.83. The largest absolute Gasteiger partial charge is 0.466 e. The molecular weight excluding hydrogens is 189 g/mol. The summed E-state index contributed by atoms with van der Waals surface area (Å²) >= 11 is 0. The fourth-order valence-electron chi connectivity index (χ4n) is 0.593. The van der Waals surface area contributed by atoms with Gasteiger partial charge in [-0.05, 0) is 13.8 Å². The van der Waals surface area contributed by atoms with Crippen LogP contribution in [-0.2, 0) is 9.53 Å². The van der Waals surface area contributed by atoms with Crippen molar-refractivity contribution in [2.75, 3.05) is 6.61 Å². The number of carbonyl (C=O) groups is 1. The monoisotopic (exact) mass is 200 g/mol. The van der Waals surface area contributed by atoms with Crippen LogP contribution in [0.4, 0.5) is 13.2 Å². The molecule has 0 radical (unpaired) electrons. The highest BCUT2D eigenvalue weighted by atomic mass is 19.4. The maximum Gasteiger partial charge on any atom is 0.417 e. The Morgan fingerprint density at radius 1 is 1.46 bits per heavy atom. The highest BCUT2D eigenvalue weighted by Crippen LogP contribution is 2.32. The zero-order valence-electron chi connectivity index (χ0n) is 7.31. The van der Waals surface area contributed by atoms with E-state index in [-0.39, 0.29) is 6.61 Å². The zero-order valence-corrected chi connectivity index (χ0v) is 7.31. The standard InChI is InChI=1S/C7H11F3O3/c1-3-13-5(11)4-6(2,12)7(8,9)10/h12H,3-4H2,1-2H3/t6-/m0/s1. The van der Waals surface area contributed by atoms with Gasteiger partial charge in [0.05, 0.1) is 13.0 Å². The summed E-state index contributed by atoms with van der Waals surface area (Å²) in [6, 6.07) is 0. The molecule has 0 saturated heterocycles. The second-order valence-corrected chi connectivity index (χ2v) is 2.75. The number of halogens is 3. The molecule has 0 fully saturated rings. The van der Waals surface area contributed by atoms with Crippen LogP contribution in [0.5, 0.6) is 0 Å². The first-order valence-corrected chi connectivity index (χ1v) is 3.65. The van der Waals surface area contributed by atoms with Gasteiger partial charge in [0, 0.05) is 0 Å². The molecule has 0 amide bonds. The Hall–Kier alpha value is -0.780. The molecule has 0 aromatic carbocycles. The molecule has 0 aromatic rings. The molecule has 0 unspecified atom stereocenters. The van der Waals surface area contributed by atoms with E-state index in [4.69, 9.17) is 5.11 Å². The van der Waals surface area contributed by atoms with Crippen molar-refractivity contribution >= 4 is 5.97 Å². The minimum atomic E-state index is -4.82. The lowest BCUT2D eigenvalue weighted by molar-refractivity contribution is -0.255. The average molecular weight is 200 g/mol. The van der Waals surface area contributed by atoms with Gasteiger partial charge >= 0.3 is 12.1 Å². The Kier molecular flexibility index (Phi) is 3.71. The molecule has 0 rings (SSSR count). The fourth-order valence-corrected chi connectivity index (χ4v) is 0.593. The molecule has 0 heterocycles. The molecule has 0 spiro atoms. The van der Waals surface area contributed by atoms with Gasteiger partial charge in [-0.2, -0.15) is 13.2 Å². The van der Waals surface area contributed by atoms with Crippen LogP contribution in [0.15, 0.2) is 0 Å². The fraction of sp³-hybridized carbons (Fsp3) is 0.857. The topological polar surface area (TPSA) is 46.5 Å². The number of aliphatic hydroxyl groups is 1. The molecule has 0 aromatic heterocycles. The van der Waals surface area contributed by atoms with E-state index in [9.17, 15) is 18.0 Å². The van der Waals surface area contributed by atoms with Gasteiger partial charge in [0.2, 0.25) is 0 Å². The smallest absolute Gasteiger partial charge is 0.417 e. The molecule has 1 atom stereocenters. The lowest BCUT2D eigenvalue weighted by Crippen LogP contribution is -2.44. The Morgan fingerprint density at radius 3 is 2.23 bits per heavy atom. The molecule has 1 N–H and O–H groups in total. The first-order chi connectivity index (χ1) is 5.70. The highest BCUT2D eigenvalue weighted by Gasteiger charge is 2.51. The van der Waals surface area contributed by atoms with Crippen LogP contribution in [-0.4, -0.2) is 29.5 Å². The normalized spacial score (nSPS) is 16.5. The van der Waals surface area contributed by atoms with Crippen LogP contribution in [0.2, 0.25) is 0 Å². The second kappa shape index (κ2) is 3.95. The van der Waals surface area contributed by atoms with E-state index < -0.39 is 24.2 Å². The highest BCUT2D eigenvalue weighted by molar-refractivity contribution is 5.70. The van der Waals surface area contributed by atoms with Crippen molar-refractivity contribution in [2.45, 2.75) is 32.0 Å². The lowest BCUT2D eigenvalue weighted by Gasteiger charge is -2.24. The summed E-state index contributed by atoms with van der Waals surface area (Å²) in [5, 5.41) is 8.82. The van der Waals surface area contributed by atoms with E-state index in [0.29, 0.717) is 6.92 Å². The summed E-state index contributed by atoms with van der Waals surface area (Å²) in [4.78, 5) is 10.6. The molecule has 3 nitrogen and oxygen atoms in total. The summed E-state index contributed by atoms with van der Waals surface area (Å²) < 4.78 is 40.2. The number of esters is 1. The van der Waals surface area contributed by atoms with Crippen LogP contribution < -0.4 is 0 Å². The van der Waals surface area contributed by atoms with E-state index in [1.54, 1.807) is 0 Å². The molecule has 0 bridgehead atoms. The van der Waals surface area contributed by atoms with E-state index in [1.165, 1.54) is 6.92 Å². The minimum Gasteiger partial charge on any atom is -0.466 e. The molecule has 0 aliphatic carbocycles. The predicted octanol–water partition coefficient (Wildman–Crippen LogP) is 1.25. The lowest BCUT2D eigenvalue weighted by atomic mass is 10.0. The summed E-state index contributed by atoms with van der Waals surface area (Å²) in [5.74, 6) is -1.06. The van der Waals surface area contributed by atoms with Crippen molar-refractivity contribution in [1.82, 2.24) is 0 Å². The van der Waals surface area contributed by atoms with E-state index in [0.717, 1.165) is 0 Å². The van der Waals surface area contributed by atoms with Crippen molar-refractivity contribution in [3.63, 3.8) is 0 Å². The molecular formula is C7H11F3O3. The molecule has 6 heteroatoms. The van der Waals surface area contributed by atoms with Crippen molar-refractivity contribution < 1.29 is 27.8 Å². The first kappa shape index (κ1) is 12.2. The SMILES string of the molecule is CCOC(=O)C[C@](C)(O)C(F)(F)F. The zero-order chi connectivity index (χ0) is 10.7. The predicted molar refractivity (Wildman–Crippen MR) is 37.9 cm³/mol. The van der Waals surface area contributed by atoms with E-state index in [1.807, 2.05) is 0 Å². The van der Waals surface area contributed by atoms with Gasteiger partial charge < -0.3 is 9.84 Å². The third-order valence-corrected chi connectivity index (χ3v) is 1.40. The van der Waals surface area contributed by atoms with Crippen LogP contribution in [0.1, 0.15) is 20.3 Å². The van der Waals surface area contributed by atoms with Gasteiger partial charge in [-0.3, -0.25) is 4.79 Å². The summed E-state index contributed by atoms with van der Waals surface area (Å²) in [7, 11) is 0. The molecule has 13 heavy (non-hydrogen) atoms.